The summed E-state index contributed by atoms with van der Waals surface area (Å²) in [6, 6.07) is 7.04. The van der Waals surface area contributed by atoms with Gasteiger partial charge in [0.05, 0.1) is 12.6 Å². The number of nitrogens with zero attached hydrogens (tertiary/aromatic N) is 2. The SMILES string of the molecule is C=C[C@H]1CN2CC[C@H]1C[C@@H]2[C@@H](OS(=O)(=O)O)c1ccnc2ccc(OC)cc12. The number of benzene rings is 1. The van der Waals surface area contributed by atoms with Gasteiger partial charge in [-0.1, -0.05) is 6.08 Å². The first-order valence-corrected chi connectivity index (χ1v) is 10.7. The molecule has 1 unspecified atom stereocenters. The largest absolute Gasteiger partial charge is 0.497 e. The predicted molar refractivity (Wildman–Crippen MR) is 105 cm³/mol. The molecule has 4 heterocycles. The second kappa shape index (κ2) is 7.44. The number of methoxy groups -OCH3 is 1. The zero-order valence-electron chi connectivity index (χ0n) is 15.7. The molecule has 28 heavy (non-hydrogen) atoms. The summed E-state index contributed by atoms with van der Waals surface area (Å²) in [4.78, 5) is 6.61. The molecule has 3 saturated heterocycles. The number of fused-ring (bicyclic) bond motifs is 4. The molecule has 1 N–H and O–H groups in total. The molecule has 2 aromatic rings. The molecule has 2 bridgehead atoms. The zero-order chi connectivity index (χ0) is 19.9. The molecule has 0 spiro atoms. The van der Waals surface area contributed by atoms with Gasteiger partial charge >= 0.3 is 10.4 Å². The van der Waals surface area contributed by atoms with Crippen LogP contribution in [0.25, 0.3) is 10.9 Å². The van der Waals surface area contributed by atoms with Gasteiger partial charge in [-0.15, -0.1) is 6.58 Å². The third kappa shape index (κ3) is 3.65. The van der Waals surface area contributed by atoms with Crippen molar-refractivity contribution in [3.63, 3.8) is 0 Å². The van der Waals surface area contributed by atoms with Crippen LogP contribution in [-0.4, -0.2) is 49.1 Å². The van der Waals surface area contributed by atoms with Crippen LogP contribution >= 0.6 is 0 Å². The second-order valence-electron chi connectivity index (χ2n) is 7.47. The van der Waals surface area contributed by atoms with E-state index in [0.29, 0.717) is 28.7 Å². The van der Waals surface area contributed by atoms with Gasteiger partial charge in [-0.2, -0.15) is 8.42 Å². The molecule has 3 aliphatic heterocycles. The molecule has 3 aliphatic rings. The Labute approximate surface area is 164 Å². The normalized spacial score (nSPS) is 28.2. The van der Waals surface area contributed by atoms with E-state index >= 15 is 0 Å². The van der Waals surface area contributed by atoms with Crippen molar-refractivity contribution in [3.05, 3.63) is 48.7 Å². The van der Waals surface area contributed by atoms with Gasteiger partial charge in [0, 0.05) is 24.2 Å². The Morgan fingerprint density at radius 3 is 2.86 bits per heavy atom. The van der Waals surface area contributed by atoms with Gasteiger partial charge in [0.2, 0.25) is 0 Å². The molecular weight excluding hydrogens is 380 g/mol. The van der Waals surface area contributed by atoms with Crippen LogP contribution in [0.1, 0.15) is 24.5 Å². The standard InChI is InChI=1S/C20H24N2O5S/c1-3-13-12-22-9-7-14(13)10-19(22)20(27-28(23,24)25)16-6-8-21-18-5-4-15(26-2)11-17(16)18/h3-6,8,11,13-14,19-20H,1,7,9-10,12H2,2H3,(H,23,24,25)/t13-,14-,19+,20-/m0/s1. The smallest absolute Gasteiger partial charge is 0.398 e. The lowest BCUT2D eigenvalue weighted by atomic mass is 9.73. The van der Waals surface area contributed by atoms with Gasteiger partial charge in [-0.25, -0.2) is 4.18 Å². The van der Waals surface area contributed by atoms with Crippen LogP contribution in [0.15, 0.2) is 43.1 Å². The first-order chi connectivity index (χ1) is 13.4. The highest BCUT2D eigenvalue weighted by atomic mass is 32.3. The zero-order valence-corrected chi connectivity index (χ0v) is 16.5. The molecule has 5 atom stereocenters. The summed E-state index contributed by atoms with van der Waals surface area (Å²) >= 11 is 0. The van der Waals surface area contributed by atoms with E-state index in [1.54, 1.807) is 25.4 Å². The molecule has 150 valence electrons. The highest BCUT2D eigenvalue weighted by molar-refractivity contribution is 7.80. The molecule has 7 nitrogen and oxygen atoms in total. The number of rotatable bonds is 6. The Kier molecular flexibility index (Phi) is 5.13. The van der Waals surface area contributed by atoms with Crippen LogP contribution in [0.5, 0.6) is 5.75 Å². The summed E-state index contributed by atoms with van der Waals surface area (Å²) in [7, 11) is -3.07. The topological polar surface area (TPSA) is 89.0 Å². The van der Waals surface area contributed by atoms with Crippen LogP contribution in [0, 0.1) is 11.8 Å². The average molecular weight is 404 g/mol. The van der Waals surface area contributed by atoms with Crippen LogP contribution in [0.4, 0.5) is 0 Å². The maximum atomic E-state index is 11.7. The van der Waals surface area contributed by atoms with Gasteiger partial charge in [-0.05, 0) is 61.1 Å². The Balaban J connectivity index is 1.80. The average Bonchev–Trinajstić information content (AvgIpc) is 2.70. The number of hydrogen-bond acceptors (Lipinski definition) is 6. The predicted octanol–water partition coefficient (Wildman–Crippen LogP) is 3.00. The van der Waals surface area contributed by atoms with E-state index in [2.05, 4.69) is 16.5 Å². The minimum absolute atomic E-state index is 0.159. The van der Waals surface area contributed by atoms with Gasteiger partial charge in [0.1, 0.15) is 11.9 Å². The van der Waals surface area contributed by atoms with E-state index in [-0.39, 0.29) is 6.04 Å². The first kappa shape index (κ1) is 19.3. The van der Waals surface area contributed by atoms with E-state index in [9.17, 15) is 13.0 Å². The van der Waals surface area contributed by atoms with Crippen molar-refractivity contribution < 1.29 is 21.9 Å². The van der Waals surface area contributed by atoms with Gasteiger partial charge in [-0.3, -0.25) is 14.4 Å². The van der Waals surface area contributed by atoms with E-state index < -0.39 is 16.5 Å². The Morgan fingerprint density at radius 1 is 1.39 bits per heavy atom. The molecule has 0 aliphatic carbocycles. The molecule has 0 amide bonds. The molecule has 1 aromatic heterocycles. The van der Waals surface area contributed by atoms with E-state index in [1.165, 1.54) is 0 Å². The third-order valence-corrected chi connectivity index (χ3v) is 6.47. The first-order valence-electron chi connectivity index (χ1n) is 9.34. The number of piperidine rings is 3. The van der Waals surface area contributed by atoms with Crippen LogP contribution in [0.2, 0.25) is 0 Å². The molecule has 3 fully saturated rings. The van der Waals surface area contributed by atoms with E-state index in [1.807, 2.05) is 18.2 Å². The number of pyridine rings is 1. The molecule has 1 aromatic carbocycles. The van der Waals surface area contributed by atoms with Crippen molar-refractivity contribution in [2.24, 2.45) is 11.8 Å². The van der Waals surface area contributed by atoms with Gasteiger partial charge in [0.25, 0.3) is 0 Å². The van der Waals surface area contributed by atoms with Crippen molar-refractivity contribution >= 4 is 21.3 Å². The monoisotopic (exact) mass is 404 g/mol. The third-order valence-electron chi connectivity index (χ3n) is 6.02. The maximum absolute atomic E-state index is 11.7. The molecule has 5 rings (SSSR count). The number of hydrogen-bond donors (Lipinski definition) is 1. The Bertz CT molecular complexity index is 993. The van der Waals surface area contributed by atoms with Crippen LogP contribution < -0.4 is 4.74 Å². The highest BCUT2D eigenvalue weighted by Gasteiger charge is 2.44. The quantitative estimate of drug-likeness (QED) is 0.585. The minimum atomic E-state index is -4.64. The van der Waals surface area contributed by atoms with Crippen molar-refractivity contribution in [3.8, 4) is 5.75 Å². The van der Waals surface area contributed by atoms with Gasteiger partial charge < -0.3 is 4.74 Å². The molecule has 0 saturated carbocycles. The minimum Gasteiger partial charge on any atom is -0.497 e. The maximum Gasteiger partial charge on any atom is 0.398 e. The summed E-state index contributed by atoms with van der Waals surface area (Å²) in [6.45, 7) is 5.62. The fourth-order valence-electron chi connectivity index (χ4n) is 4.67. The summed E-state index contributed by atoms with van der Waals surface area (Å²) in [6.07, 6.45) is 4.62. The fraction of sp³-hybridized carbons (Fsp3) is 0.450. The van der Waals surface area contributed by atoms with Crippen molar-refractivity contribution in [1.29, 1.82) is 0 Å². The number of aromatic nitrogens is 1. The Morgan fingerprint density at radius 2 is 2.21 bits per heavy atom. The summed E-state index contributed by atoms with van der Waals surface area (Å²) in [5.74, 6) is 1.47. The van der Waals surface area contributed by atoms with Crippen molar-refractivity contribution in [2.75, 3.05) is 20.2 Å². The lowest BCUT2D eigenvalue weighted by molar-refractivity contribution is -0.0365. The lowest BCUT2D eigenvalue weighted by Gasteiger charge is -2.51. The lowest BCUT2D eigenvalue weighted by Crippen LogP contribution is -2.55. The summed E-state index contributed by atoms with van der Waals surface area (Å²) < 4.78 is 43.5. The second-order valence-corrected chi connectivity index (χ2v) is 8.52. The van der Waals surface area contributed by atoms with Gasteiger partial charge in [0.15, 0.2) is 0 Å². The molecule has 0 radical (unpaired) electrons. The van der Waals surface area contributed by atoms with E-state index in [0.717, 1.165) is 31.3 Å². The van der Waals surface area contributed by atoms with Crippen molar-refractivity contribution in [2.45, 2.75) is 25.0 Å². The summed E-state index contributed by atoms with van der Waals surface area (Å²) in [5.41, 5.74) is 1.39. The summed E-state index contributed by atoms with van der Waals surface area (Å²) in [5, 5.41) is 0.749. The fourth-order valence-corrected chi connectivity index (χ4v) is 5.16. The Hall–Kier alpha value is -2.00. The highest BCUT2D eigenvalue weighted by Crippen LogP contribution is 2.44. The van der Waals surface area contributed by atoms with Crippen molar-refractivity contribution in [1.82, 2.24) is 9.88 Å². The molecule has 8 heteroatoms. The van der Waals surface area contributed by atoms with Crippen LogP contribution in [0.3, 0.4) is 0 Å². The van der Waals surface area contributed by atoms with Crippen LogP contribution in [-0.2, 0) is 14.6 Å². The van der Waals surface area contributed by atoms with E-state index in [4.69, 9.17) is 8.92 Å². The number of ether oxygens (including phenoxy) is 1. The molecular formula is C20H24N2O5S.